The number of nitrogens with two attached hydrogens (primary N) is 1. The van der Waals surface area contributed by atoms with Crippen molar-refractivity contribution in [3.8, 4) is 11.3 Å². The van der Waals surface area contributed by atoms with Gasteiger partial charge in [0.2, 0.25) is 0 Å². The van der Waals surface area contributed by atoms with E-state index in [1.54, 1.807) is 4.68 Å². The normalized spacial score (nSPS) is 26.9. The van der Waals surface area contributed by atoms with Gasteiger partial charge >= 0.3 is 6.03 Å². The van der Waals surface area contributed by atoms with E-state index in [9.17, 15) is 14.0 Å². The summed E-state index contributed by atoms with van der Waals surface area (Å²) in [5.74, 6) is -4.50. The van der Waals surface area contributed by atoms with Crippen molar-refractivity contribution in [2.75, 3.05) is 13.7 Å². The van der Waals surface area contributed by atoms with Gasteiger partial charge < -0.3 is 20.7 Å². The number of carbonyl (C=O) groups is 2. The highest BCUT2D eigenvalue weighted by Gasteiger charge is 2.66. The number of nitrogens with one attached hydrogen (secondary N) is 1. The minimum atomic E-state index is -3.11. The second-order valence-corrected chi connectivity index (χ2v) is 10.00. The van der Waals surface area contributed by atoms with Crippen LogP contribution in [-0.4, -0.2) is 57.3 Å². The summed E-state index contributed by atoms with van der Waals surface area (Å²) in [5, 5.41) is 6.93. The average Bonchev–Trinajstić information content (AvgIpc) is 3.20. The first kappa shape index (κ1) is 23.9. The van der Waals surface area contributed by atoms with Crippen molar-refractivity contribution in [2.24, 2.45) is 5.73 Å². The highest BCUT2D eigenvalue weighted by Crippen LogP contribution is 2.56. The van der Waals surface area contributed by atoms with Crippen LogP contribution in [0.2, 0.25) is 5.02 Å². The molecule has 2 aromatic rings. The van der Waals surface area contributed by atoms with Gasteiger partial charge in [-0.3, -0.25) is 9.48 Å². The lowest BCUT2D eigenvalue weighted by atomic mass is 9.61. The second kappa shape index (κ2) is 8.12. The summed E-state index contributed by atoms with van der Waals surface area (Å²) in [7, 11) is 1.45. The minimum absolute atomic E-state index is 0.0459. The molecule has 1 aromatic carbocycles. The fourth-order valence-electron chi connectivity index (χ4n) is 5.62. The predicted molar refractivity (Wildman–Crippen MR) is 121 cm³/mol. The lowest BCUT2D eigenvalue weighted by molar-refractivity contribution is -0.222. The highest BCUT2D eigenvalue weighted by molar-refractivity contribution is 6.31. The molecule has 0 spiro atoms. The molecule has 3 amide bonds. The lowest BCUT2D eigenvalue weighted by Crippen LogP contribution is -2.71. The number of hydrogen-bond donors (Lipinski definition) is 2. The summed E-state index contributed by atoms with van der Waals surface area (Å²) >= 11 is 5.89. The Morgan fingerprint density at radius 3 is 2.51 bits per heavy atom. The van der Waals surface area contributed by atoms with E-state index < -0.39 is 41.2 Å². The topological polar surface area (TPSA) is 102 Å². The first-order valence-electron chi connectivity index (χ1n) is 11.3. The van der Waals surface area contributed by atoms with Crippen molar-refractivity contribution in [1.82, 2.24) is 20.0 Å². The third-order valence-electron chi connectivity index (χ3n) is 7.74. The van der Waals surface area contributed by atoms with Crippen molar-refractivity contribution in [2.45, 2.75) is 62.3 Å². The fourth-order valence-corrected chi connectivity index (χ4v) is 5.80. The Labute approximate surface area is 204 Å². The van der Waals surface area contributed by atoms with E-state index in [1.165, 1.54) is 24.1 Å². The molecule has 0 atom stereocenters. The molecule has 3 N–H and O–H groups in total. The van der Waals surface area contributed by atoms with Gasteiger partial charge in [0.25, 0.3) is 11.8 Å². The van der Waals surface area contributed by atoms with Crippen LogP contribution in [0, 0.1) is 5.82 Å². The second-order valence-electron chi connectivity index (χ2n) is 9.59. The molecule has 1 aliphatic heterocycles. The fraction of sp³-hybridized carbons (Fsp3) is 0.522. The Hall–Kier alpha value is -2.79. The Kier molecular flexibility index (Phi) is 5.55. The zero-order valence-electron chi connectivity index (χ0n) is 19.0. The summed E-state index contributed by atoms with van der Waals surface area (Å²) in [5.41, 5.74) is 4.23. The predicted octanol–water partition coefficient (Wildman–Crippen LogP) is 3.70. The van der Waals surface area contributed by atoms with Crippen molar-refractivity contribution in [1.29, 1.82) is 0 Å². The van der Waals surface area contributed by atoms with Gasteiger partial charge in [-0.15, -0.1) is 0 Å². The van der Waals surface area contributed by atoms with Crippen LogP contribution in [0.1, 0.15) is 48.2 Å². The van der Waals surface area contributed by atoms with E-state index in [0.29, 0.717) is 24.1 Å². The number of rotatable bonds is 4. The van der Waals surface area contributed by atoms with E-state index in [1.807, 2.05) is 0 Å². The zero-order chi connectivity index (χ0) is 25.2. The number of hydrogen-bond acceptors (Lipinski definition) is 4. The number of ether oxygens (including phenoxy) is 1. The lowest BCUT2D eigenvalue weighted by Gasteiger charge is -2.56. The highest BCUT2D eigenvalue weighted by atomic mass is 35.5. The molecule has 1 aromatic heterocycles. The molecule has 6 rings (SSSR count). The van der Waals surface area contributed by atoms with Gasteiger partial charge in [-0.05, 0) is 43.9 Å². The number of halogens is 4. The van der Waals surface area contributed by atoms with Gasteiger partial charge in [-0.1, -0.05) is 11.6 Å². The monoisotopic (exact) mass is 511 g/mol. The van der Waals surface area contributed by atoms with Gasteiger partial charge in [0, 0.05) is 25.6 Å². The van der Waals surface area contributed by atoms with E-state index in [0.717, 1.165) is 6.07 Å². The number of nitrogens with zero attached hydrogens (tertiary/aromatic N) is 3. The third-order valence-corrected chi connectivity index (χ3v) is 8.03. The third kappa shape index (κ3) is 3.76. The van der Waals surface area contributed by atoms with Gasteiger partial charge in [0.15, 0.2) is 0 Å². The Bertz CT molecular complexity index is 1210. The smallest absolute Gasteiger partial charge is 0.318 e. The summed E-state index contributed by atoms with van der Waals surface area (Å²) in [6.45, 7) is 0.385. The average molecular weight is 512 g/mol. The standard InChI is InChI=1S/C23H25ClF3N5O3/c1-35-21-4-6-22(7-5-21,23(26,27)12-21)29-20(34)31-8-9-32-16(11-31)17(19(28)33)18(30-32)13-2-3-15(25)14(24)10-13/h2-3,10H,4-9,11-12H2,1H3,(H2,28,33)(H,29,34). The molecule has 2 heterocycles. The number of aromatic nitrogens is 2. The Morgan fingerprint density at radius 2 is 1.91 bits per heavy atom. The van der Waals surface area contributed by atoms with Crippen molar-refractivity contribution in [3.63, 3.8) is 0 Å². The number of amides is 3. The van der Waals surface area contributed by atoms with Gasteiger partial charge in [-0.2, -0.15) is 5.10 Å². The summed E-state index contributed by atoms with van der Waals surface area (Å²) in [4.78, 5) is 26.9. The molecule has 3 saturated carbocycles. The Balaban J connectivity index is 1.40. The van der Waals surface area contributed by atoms with Crippen LogP contribution >= 0.6 is 11.6 Å². The molecule has 2 bridgehead atoms. The molecule has 3 fully saturated rings. The summed E-state index contributed by atoms with van der Waals surface area (Å²) in [6.07, 6.45) is 0.697. The van der Waals surface area contributed by atoms with Crippen molar-refractivity contribution < 1.29 is 27.5 Å². The molecular formula is C23H25ClF3N5O3. The summed E-state index contributed by atoms with van der Waals surface area (Å²) in [6, 6.07) is 3.30. The number of benzene rings is 1. The van der Waals surface area contributed by atoms with Crippen LogP contribution in [0.3, 0.4) is 0 Å². The Morgan fingerprint density at radius 1 is 1.20 bits per heavy atom. The quantitative estimate of drug-likeness (QED) is 0.653. The van der Waals surface area contributed by atoms with Crippen LogP contribution in [-0.2, 0) is 17.8 Å². The first-order valence-corrected chi connectivity index (χ1v) is 11.7. The molecule has 0 radical (unpaired) electrons. The van der Waals surface area contributed by atoms with Crippen molar-refractivity contribution >= 4 is 23.5 Å². The van der Waals surface area contributed by atoms with E-state index in [2.05, 4.69) is 10.4 Å². The maximum absolute atomic E-state index is 15.1. The minimum Gasteiger partial charge on any atom is -0.378 e. The number of urea groups is 1. The number of alkyl halides is 2. The number of primary amides is 1. The first-order chi connectivity index (χ1) is 16.5. The van der Waals surface area contributed by atoms with Gasteiger partial charge in [0.1, 0.15) is 17.1 Å². The van der Waals surface area contributed by atoms with E-state index in [4.69, 9.17) is 22.1 Å². The molecule has 0 unspecified atom stereocenters. The molecule has 188 valence electrons. The van der Waals surface area contributed by atoms with Crippen LogP contribution in [0.5, 0.6) is 0 Å². The SMILES string of the molecule is COC12CCC(NC(=O)N3CCn4nc(-c5ccc(F)c(Cl)c5)c(C(N)=O)c4C3)(CC1)C(F)(F)C2. The maximum atomic E-state index is 15.1. The van der Waals surface area contributed by atoms with Gasteiger partial charge in [-0.25, -0.2) is 18.0 Å². The number of carbonyl (C=O) groups excluding carboxylic acids is 2. The molecular weight excluding hydrogens is 487 g/mol. The zero-order valence-corrected chi connectivity index (χ0v) is 19.8. The van der Waals surface area contributed by atoms with Crippen LogP contribution in [0.4, 0.5) is 18.0 Å². The molecule has 35 heavy (non-hydrogen) atoms. The maximum Gasteiger partial charge on any atom is 0.318 e. The molecule has 3 aliphatic carbocycles. The molecule has 0 saturated heterocycles. The van der Waals surface area contributed by atoms with Crippen molar-refractivity contribution in [3.05, 3.63) is 40.3 Å². The number of fused-ring (bicyclic) bond motifs is 4. The van der Waals surface area contributed by atoms with Crippen LogP contribution < -0.4 is 11.1 Å². The largest absolute Gasteiger partial charge is 0.378 e. The van der Waals surface area contributed by atoms with Crippen LogP contribution in [0.15, 0.2) is 18.2 Å². The van der Waals surface area contributed by atoms with Gasteiger partial charge in [0.05, 0.1) is 35.0 Å². The number of methoxy groups -OCH3 is 1. The summed E-state index contributed by atoms with van der Waals surface area (Å²) < 4.78 is 50.9. The molecule has 8 nitrogen and oxygen atoms in total. The molecule has 4 aliphatic rings. The molecule has 12 heteroatoms. The van der Waals surface area contributed by atoms with E-state index >= 15 is 8.78 Å². The van der Waals surface area contributed by atoms with E-state index in [-0.39, 0.29) is 48.8 Å². The van der Waals surface area contributed by atoms with Crippen LogP contribution in [0.25, 0.3) is 11.3 Å².